The molecule has 2 heterocycles. The first-order valence-electron chi connectivity index (χ1n) is 10.5. The van der Waals surface area contributed by atoms with Crippen molar-refractivity contribution in [2.75, 3.05) is 25.9 Å². The maximum Gasteiger partial charge on any atom is 0.254 e. The molecule has 0 radical (unpaired) electrons. The van der Waals surface area contributed by atoms with Crippen LogP contribution in [0.25, 0.3) is 0 Å². The molecule has 4 N–H and O–H groups in total. The van der Waals surface area contributed by atoms with Gasteiger partial charge in [-0.15, -0.1) is 0 Å². The number of nitrogens with two attached hydrogens (primary N) is 2. The van der Waals surface area contributed by atoms with E-state index in [9.17, 15) is 9.59 Å². The fourth-order valence-electron chi connectivity index (χ4n) is 3.56. The van der Waals surface area contributed by atoms with Crippen molar-refractivity contribution in [1.82, 2.24) is 14.7 Å². The van der Waals surface area contributed by atoms with Crippen LogP contribution in [0.3, 0.4) is 0 Å². The van der Waals surface area contributed by atoms with E-state index in [4.69, 9.17) is 16.2 Å². The quantitative estimate of drug-likeness (QED) is 0.728. The fourth-order valence-corrected chi connectivity index (χ4v) is 3.56. The summed E-state index contributed by atoms with van der Waals surface area (Å²) in [4.78, 5) is 23.3. The van der Waals surface area contributed by atoms with Gasteiger partial charge in [-0.25, -0.2) is 0 Å². The van der Waals surface area contributed by atoms with Gasteiger partial charge >= 0.3 is 0 Å². The third kappa shape index (κ3) is 6.96. The van der Waals surface area contributed by atoms with E-state index < -0.39 is 5.91 Å². The third-order valence-electron chi connectivity index (χ3n) is 5.48. The topological polar surface area (TPSA) is 116 Å². The third-order valence-corrected chi connectivity index (χ3v) is 5.48. The molecule has 1 unspecified atom stereocenters. The van der Waals surface area contributed by atoms with Gasteiger partial charge in [-0.3, -0.25) is 14.3 Å². The largest absolute Gasteiger partial charge is 0.383 e. The van der Waals surface area contributed by atoms with Crippen LogP contribution in [0.15, 0.2) is 43.1 Å². The zero-order chi connectivity index (χ0) is 22.8. The molecule has 1 aliphatic carbocycles. The predicted molar refractivity (Wildman–Crippen MR) is 121 cm³/mol. The van der Waals surface area contributed by atoms with Gasteiger partial charge in [-0.05, 0) is 49.3 Å². The maximum atomic E-state index is 11.0. The number of nitrogens with zero attached hydrogens (tertiary/aromatic N) is 3. The van der Waals surface area contributed by atoms with Gasteiger partial charge in [0.2, 0.25) is 5.91 Å². The molecule has 2 amide bonds. The molecule has 8 nitrogen and oxygen atoms in total. The van der Waals surface area contributed by atoms with Crippen LogP contribution in [0.4, 0.5) is 5.82 Å². The van der Waals surface area contributed by atoms with Crippen LogP contribution in [-0.2, 0) is 29.4 Å². The first-order chi connectivity index (χ1) is 14.9. The van der Waals surface area contributed by atoms with Crippen molar-refractivity contribution in [3.63, 3.8) is 0 Å². The first kappa shape index (κ1) is 24.1. The molecule has 2 aromatic rings. The number of rotatable bonds is 3. The lowest BCUT2D eigenvalue weighted by Crippen LogP contribution is -2.27. The summed E-state index contributed by atoms with van der Waals surface area (Å²) in [5, 5.41) is 3.73. The number of amides is 2. The van der Waals surface area contributed by atoms with Crippen LogP contribution in [0, 0.1) is 0 Å². The molecule has 168 valence electrons. The number of likely N-dealkylation sites (tertiary alicyclic amines) is 1. The van der Waals surface area contributed by atoms with Gasteiger partial charge in [-0.1, -0.05) is 30.8 Å². The number of nitrogen functional groups attached to an aromatic ring is 1. The average molecular weight is 428 g/mol. The Labute approximate surface area is 183 Å². The van der Waals surface area contributed by atoms with E-state index >= 15 is 0 Å². The molecule has 1 saturated heterocycles. The van der Waals surface area contributed by atoms with Crippen LogP contribution >= 0.6 is 0 Å². The Kier molecular flexibility index (Phi) is 9.27. The summed E-state index contributed by atoms with van der Waals surface area (Å²) in [5.74, 6) is -0.248. The smallest absolute Gasteiger partial charge is 0.254 e. The minimum atomic E-state index is -0.550. The minimum Gasteiger partial charge on any atom is -0.383 e. The Hall–Kier alpha value is -3.13. The van der Waals surface area contributed by atoms with Gasteiger partial charge in [0.1, 0.15) is 11.4 Å². The minimum absolute atomic E-state index is 0.00421. The van der Waals surface area contributed by atoms with E-state index in [0.717, 1.165) is 13.0 Å². The van der Waals surface area contributed by atoms with E-state index in [0.29, 0.717) is 12.4 Å². The Morgan fingerprint density at radius 3 is 2.23 bits per heavy atom. The number of benzene rings is 1. The standard InChI is InChI=1S/C10H12.C8H13NO2.C5H8N4O/c1-2-6-10-8-4-3-7-9(10)5-1;1-3-8(10)9-5-4-7(6-9)11-2;1-9-4(6)3(2-8-9)5(7)10/h1-2,5-6H,3-4,7-8H2;3,7H,1,4-6H2,2H3;2H,6H2,1H3,(H2,7,10). The Morgan fingerprint density at radius 2 is 1.84 bits per heavy atom. The number of primary amides is 1. The molecule has 31 heavy (non-hydrogen) atoms. The molecular weight excluding hydrogens is 394 g/mol. The molecule has 1 fully saturated rings. The van der Waals surface area contributed by atoms with Crippen LogP contribution < -0.4 is 11.5 Å². The normalized spacial score (nSPS) is 16.8. The van der Waals surface area contributed by atoms with Crippen LogP contribution in [0.1, 0.15) is 40.7 Å². The van der Waals surface area contributed by atoms with Crippen LogP contribution in [-0.4, -0.2) is 52.8 Å². The number of carbonyl (C=O) groups excluding carboxylic acids is 2. The van der Waals surface area contributed by atoms with Gasteiger partial charge in [0.05, 0.1) is 12.3 Å². The molecule has 0 saturated carbocycles. The van der Waals surface area contributed by atoms with E-state index in [1.54, 1.807) is 30.2 Å². The summed E-state index contributed by atoms with van der Waals surface area (Å²) < 4.78 is 6.50. The first-order valence-corrected chi connectivity index (χ1v) is 10.5. The highest BCUT2D eigenvalue weighted by molar-refractivity contribution is 5.96. The fraction of sp³-hybridized carbons (Fsp3) is 0.435. The Balaban J connectivity index is 0.000000165. The number of aryl methyl sites for hydroxylation is 3. The highest BCUT2D eigenvalue weighted by Gasteiger charge is 2.23. The number of carbonyl (C=O) groups is 2. The van der Waals surface area contributed by atoms with Gasteiger partial charge in [0.25, 0.3) is 5.91 Å². The molecule has 0 bridgehead atoms. The zero-order valence-electron chi connectivity index (χ0n) is 18.4. The molecular formula is C23H33N5O3. The van der Waals surface area contributed by atoms with Gasteiger partial charge in [-0.2, -0.15) is 5.10 Å². The average Bonchev–Trinajstić information content (AvgIpc) is 3.41. The molecule has 1 aromatic carbocycles. The molecule has 2 aliphatic rings. The maximum absolute atomic E-state index is 11.0. The number of hydrogen-bond acceptors (Lipinski definition) is 5. The summed E-state index contributed by atoms with van der Waals surface area (Å²) in [7, 11) is 3.31. The lowest BCUT2D eigenvalue weighted by atomic mass is 9.92. The Morgan fingerprint density at radius 1 is 1.23 bits per heavy atom. The van der Waals surface area contributed by atoms with Crippen molar-refractivity contribution in [1.29, 1.82) is 0 Å². The molecule has 0 spiro atoms. The van der Waals surface area contributed by atoms with E-state index in [1.807, 2.05) is 0 Å². The van der Waals surface area contributed by atoms with Gasteiger partial charge in [0, 0.05) is 27.2 Å². The zero-order valence-corrected chi connectivity index (χ0v) is 18.4. The Bertz CT molecular complexity index is 868. The highest BCUT2D eigenvalue weighted by atomic mass is 16.5. The number of aromatic nitrogens is 2. The second-order valence-corrected chi connectivity index (χ2v) is 7.54. The van der Waals surface area contributed by atoms with E-state index in [-0.39, 0.29) is 17.6 Å². The summed E-state index contributed by atoms with van der Waals surface area (Å²) in [6.45, 7) is 4.93. The summed E-state index contributed by atoms with van der Waals surface area (Å²) >= 11 is 0. The van der Waals surface area contributed by atoms with Crippen molar-refractivity contribution in [3.8, 4) is 0 Å². The summed E-state index contributed by atoms with van der Waals surface area (Å²) in [6.07, 6.45) is 9.23. The van der Waals surface area contributed by atoms with Gasteiger partial charge < -0.3 is 21.1 Å². The van der Waals surface area contributed by atoms with Crippen molar-refractivity contribution >= 4 is 17.6 Å². The molecule has 1 aliphatic heterocycles. The summed E-state index contributed by atoms with van der Waals surface area (Å²) in [5.41, 5.74) is 13.8. The molecule has 4 rings (SSSR count). The number of ether oxygens (including phenoxy) is 1. The van der Waals surface area contributed by atoms with Crippen molar-refractivity contribution in [2.24, 2.45) is 12.8 Å². The predicted octanol–water partition coefficient (Wildman–Crippen LogP) is 2.09. The molecule has 1 aromatic heterocycles. The van der Waals surface area contributed by atoms with E-state index in [2.05, 4.69) is 35.9 Å². The molecule has 1 atom stereocenters. The van der Waals surface area contributed by atoms with Crippen molar-refractivity contribution in [3.05, 3.63) is 59.8 Å². The van der Waals surface area contributed by atoms with Crippen LogP contribution in [0.5, 0.6) is 0 Å². The number of anilines is 1. The number of hydrogen-bond donors (Lipinski definition) is 2. The van der Waals surface area contributed by atoms with Gasteiger partial charge in [0.15, 0.2) is 0 Å². The second kappa shape index (κ2) is 11.9. The highest BCUT2D eigenvalue weighted by Crippen LogP contribution is 2.19. The summed E-state index contributed by atoms with van der Waals surface area (Å²) in [6, 6.07) is 8.80. The van der Waals surface area contributed by atoms with E-state index in [1.165, 1.54) is 42.6 Å². The number of fused-ring (bicyclic) bond motifs is 1. The molecule has 8 heteroatoms. The second-order valence-electron chi connectivity index (χ2n) is 7.54. The lowest BCUT2D eigenvalue weighted by molar-refractivity contribution is -0.125. The van der Waals surface area contributed by atoms with Crippen molar-refractivity contribution in [2.45, 2.75) is 38.2 Å². The van der Waals surface area contributed by atoms with Crippen LogP contribution in [0.2, 0.25) is 0 Å². The van der Waals surface area contributed by atoms with Crippen molar-refractivity contribution < 1.29 is 14.3 Å². The monoisotopic (exact) mass is 427 g/mol. The lowest BCUT2D eigenvalue weighted by Gasteiger charge is -2.13. The number of methoxy groups -OCH3 is 1. The SMILES string of the molecule is C=CC(=O)N1CCC(OC)C1.Cn1ncc(C(N)=O)c1N.c1ccc2c(c1)CCCC2.